The molecule has 0 aliphatic heterocycles. The Kier molecular flexibility index (Phi) is 51.3. The van der Waals surface area contributed by atoms with Crippen LogP contribution in [0, 0.1) is 0 Å². The Labute approximate surface area is 397 Å². The normalized spacial score (nSPS) is 12.2. The minimum atomic E-state index is -0.770. The van der Waals surface area contributed by atoms with Gasteiger partial charge in [-0.25, -0.2) is 0 Å². The Bertz CT molecular complexity index is 1080. The van der Waals surface area contributed by atoms with Gasteiger partial charge in [0, 0.05) is 19.3 Å². The van der Waals surface area contributed by atoms with Crippen LogP contribution in [0.1, 0.15) is 297 Å². The quantitative estimate of drug-likeness (QED) is 0.0262. The third-order valence-corrected chi connectivity index (χ3v) is 12.4. The molecule has 0 amide bonds. The van der Waals surface area contributed by atoms with Crippen LogP contribution in [0.25, 0.3) is 0 Å². The van der Waals surface area contributed by atoms with Gasteiger partial charge in [0.15, 0.2) is 6.10 Å². The molecule has 0 saturated heterocycles. The topological polar surface area (TPSA) is 78.9 Å². The number of carbonyl (C=O) groups excluding carboxylic acids is 3. The monoisotopic (exact) mass is 899 g/mol. The summed E-state index contributed by atoms with van der Waals surface area (Å²) in [4.78, 5) is 37.8. The fourth-order valence-electron chi connectivity index (χ4n) is 8.12. The molecule has 0 aliphatic rings. The third-order valence-electron chi connectivity index (χ3n) is 12.4. The minimum Gasteiger partial charge on any atom is -0.462 e. The number of rotatable bonds is 51. The predicted octanol–water partition coefficient (Wildman–Crippen LogP) is 18.5. The molecule has 0 aromatic rings. The zero-order valence-electron chi connectivity index (χ0n) is 42.8. The Morgan fingerprint density at radius 2 is 0.562 bits per heavy atom. The highest BCUT2D eigenvalue weighted by atomic mass is 16.6. The molecule has 374 valence electrons. The summed E-state index contributed by atoms with van der Waals surface area (Å²) < 4.78 is 16.7. The molecule has 6 heteroatoms. The minimum absolute atomic E-state index is 0.0727. The van der Waals surface area contributed by atoms with Gasteiger partial charge in [0.05, 0.1) is 0 Å². The van der Waals surface area contributed by atoms with Crippen LogP contribution in [0.2, 0.25) is 0 Å². The summed E-state index contributed by atoms with van der Waals surface area (Å²) >= 11 is 0. The Balaban J connectivity index is 4.14. The summed E-state index contributed by atoms with van der Waals surface area (Å²) in [6.45, 7) is 6.58. The second kappa shape index (κ2) is 53.2. The van der Waals surface area contributed by atoms with Gasteiger partial charge in [-0.15, -0.1) is 0 Å². The summed E-state index contributed by atoms with van der Waals surface area (Å²) in [5, 5.41) is 0. The number of ether oxygens (including phenoxy) is 3. The van der Waals surface area contributed by atoms with Crippen molar-refractivity contribution in [1.29, 1.82) is 0 Å². The lowest BCUT2D eigenvalue weighted by molar-refractivity contribution is -0.167. The van der Waals surface area contributed by atoms with Gasteiger partial charge in [0.25, 0.3) is 0 Å². The third kappa shape index (κ3) is 50.6. The molecule has 64 heavy (non-hydrogen) atoms. The molecule has 0 rings (SSSR count). The first-order valence-electron chi connectivity index (χ1n) is 28.0. The average Bonchev–Trinajstić information content (AvgIpc) is 3.29. The van der Waals surface area contributed by atoms with E-state index in [-0.39, 0.29) is 31.1 Å². The maximum atomic E-state index is 12.8. The summed E-state index contributed by atoms with van der Waals surface area (Å²) in [6, 6.07) is 0. The van der Waals surface area contributed by atoms with Crippen molar-refractivity contribution in [2.24, 2.45) is 0 Å². The summed E-state index contributed by atoms with van der Waals surface area (Å²) in [6.07, 6.45) is 63.0. The van der Waals surface area contributed by atoms with Gasteiger partial charge in [-0.3, -0.25) is 14.4 Å². The highest BCUT2D eigenvalue weighted by Crippen LogP contribution is 2.16. The number of hydrogen-bond donors (Lipinski definition) is 0. The van der Waals surface area contributed by atoms with Crippen LogP contribution in [0.3, 0.4) is 0 Å². The molecule has 0 N–H and O–H groups in total. The van der Waals surface area contributed by atoms with Gasteiger partial charge in [-0.2, -0.15) is 0 Å². The standard InChI is InChI=1S/C58H106O6/c1-4-7-10-13-16-18-20-22-24-26-28-29-31-32-34-36-38-40-42-45-48-51-57(60)63-54-55(53-62-56(59)50-47-44-15-12-9-6-3)64-58(61)52-49-46-43-41-39-37-35-33-30-27-25-23-21-19-17-14-11-8-5-2/h17,19,23,25-26,28,55H,4-16,18,20-22,24,27,29-54H2,1-3H3/b19-17-,25-23-,28-26-. The van der Waals surface area contributed by atoms with Gasteiger partial charge in [0.1, 0.15) is 13.2 Å². The van der Waals surface area contributed by atoms with Crippen molar-refractivity contribution < 1.29 is 28.6 Å². The number of carbonyl (C=O) groups is 3. The molecule has 0 fully saturated rings. The van der Waals surface area contributed by atoms with Gasteiger partial charge in [-0.1, -0.05) is 237 Å². The summed E-state index contributed by atoms with van der Waals surface area (Å²) in [7, 11) is 0. The van der Waals surface area contributed by atoms with E-state index in [1.807, 2.05) is 0 Å². The van der Waals surface area contributed by atoms with Crippen molar-refractivity contribution >= 4 is 17.9 Å². The van der Waals surface area contributed by atoms with E-state index in [9.17, 15) is 14.4 Å². The molecule has 0 saturated carbocycles. The van der Waals surface area contributed by atoms with Crippen molar-refractivity contribution in [2.75, 3.05) is 13.2 Å². The molecule has 1 unspecified atom stereocenters. The van der Waals surface area contributed by atoms with Crippen LogP contribution < -0.4 is 0 Å². The van der Waals surface area contributed by atoms with E-state index in [0.29, 0.717) is 19.3 Å². The van der Waals surface area contributed by atoms with Crippen LogP contribution in [0.15, 0.2) is 36.5 Å². The maximum absolute atomic E-state index is 12.8. The van der Waals surface area contributed by atoms with Crippen molar-refractivity contribution in [2.45, 2.75) is 303 Å². The fourth-order valence-corrected chi connectivity index (χ4v) is 8.12. The molecule has 0 aromatic heterocycles. The fraction of sp³-hybridized carbons (Fsp3) is 0.845. The highest BCUT2D eigenvalue weighted by Gasteiger charge is 2.19. The van der Waals surface area contributed by atoms with E-state index in [2.05, 4.69) is 57.2 Å². The predicted molar refractivity (Wildman–Crippen MR) is 275 cm³/mol. The molecule has 0 radical (unpaired) electrons. The van der Waals surface area contributed by atoms with Crippen molar-refractivity contribution in [3.8, 4) is 0 Å². The van der Waals surface area contributed by atoms with E-state index in [4.69, 9.17) is 14.2 Å². The van der Waals surface area contributed by atoms with Crippen molar-refractivity contribution in [1.82, 2.24) is 0 Å². The van der Waals surface area contributed by atoms with Crippen molar-refractivity contribution in [3.05, 3.63) is 36.5 Å². The zero-order chi connectivity index (χ0) is 46.5. The molecule has 1 atom stereocenters. The lowest BCUT2D eigenvalue weighted by atomic mass is 10.1. The van der Waals surface area contributed by atoms with Crippen LogP contribution in [0.4, 0.5) is 0 Å². The second-order valence-corrected chi connectivity index (χ2v) is 18.8. The van der Waals surface area contributed by atoms with Crippen LogP contribution in [0.5, 0.6) is 0 Å². The van der Waals surface area contributed by atoms with E-state index in [0.717, 1.165) is 64.2 Å². The molecule has 0 aromatic carbocycles. The molecule has 6 nitrogen and oxygen atoms in total. The van der Waals surface area contributed by atoms with E-state index < -0.39 is 6.10 Å². The lowest BCUT2D eigenvalue weighted by Gasteiger charge is -2.18. The smallest absolute Gasteiger partial charge is 0.306 e. The second-order valence-electron chi connectivity index (χ2n) is 18.8. The number of unbranched alkanes of at least 4 members (excludes halogenated alkanes) is 34. The average molecular weight is 899 g/mol. The summed E-state index contributed by atoms with van der Waals surface area (Å²) in [5.41, 5.74) is 0. The number of allylic oxidation sites excluding steroid dienone is 6. The van der Waals surface area contributed by atoms with Crippen LogP contribution in [-0.4, -0.2) is 37.2 Å². The first kappa shape index (κ1) is 61.6. The van der Waals surface area contributed by atoms with Gasteiger partial charge in [0.2, 0.25) is 0 Å². The van der Waals surface area contributed by atoms with Gasteiger partial charge in [-0.05, 0) is 77.0 Å². The number of esters is 3. The Morgan fingerprint density at radius 3 is 0.906 bits per heavy atom. The Morgan fingerprint density at radius 1 is 0.312 bits per heavy atom. The Hall–Kier alpha value is -2.37. The first-order valence-corrected chi connectivity index (χ1v) is 28.0. The SMILES string of the molecule is CCCCC/C=C\C/C=C\CCCCCCCCCCCC(=O)OC(COC(=O)CCCCCCCC)COC(=O)CCCCCCCCCCC/C=C\CCCCCCCCCC. The largest absolute Gasteiger partial charge is 0.462 e. The first-order chi connectivity index (χ1) is 31.5. The molecule has 0 heterocycles. The van der Waals surface area contributed by atoms with Crippen molar-refractivity contribution in [3.63, 3.8) is 0 Å². The zero-order valence-corrected chi connectivity index (χ0v) is 42.8. The molecule has 0 aliphatic carbocycles. The highest BCUT2D eigenvalue weighted by molar-refractivity contribution is 5.71. The van der Waals surface area contributed by atoms with E-state index in [1.165, 1.54) is 193 Å². The molecule has 0 bridgehead atoms. The van der Waals surface area contributed by atoms with E-state index in [1.54, 1.807) is 0 Å². The van der Waals surface area contributed by atoms with Gasteiger partial charge >= 0.3 is 17.9 Å². The number of hydrogen-bond acceptors (Lipinski definition) is 6. The lowest BCUT2D eigenvalue weighted by Crippen LogP contribution is -2.30. The van der Waals surface area contributed by atoms with Crippen LogP contribution >= 0.6 is 0 Å². The maximum Gasteiger partial charge on any atom is 0.306 e. The molecule has 0 spiro atoms. The molecular formula is C58H106O6. The van der Waals surface area contributed by atoms with E-state index >= 15 is 0 Å². The van der Waals surface area contributed by atoms with Gasteiger partial charge < -0.3 is 14.2 Å². The molecular weight excluding hydrogens is 793 g/mol. The van der Waals surface area contributed by atoms with Crippen LogP contribution in [-0.2, 0) is 28.6 Å². The summed E-state index contributed by atoms with van der Waals surface area (Å²) in [5.74, 6) is -0.876.